The fourth-order valence-corrected chi connectivity index (χ4v) is 3.42. The molecule has 2 N–H and O–H groups in total. The fourth-order valence-electron chi connectivity index (χ4n) is 3.42. The molecule has 0 saturated carbocycles. The van der Waals surface area contributed by atoms with Crippen LogP contribution < -0.4 is 25.0 Å². The molecule has 0 spiro atoms. The summed E-state index contributed by atoms with van der Waals surface area (Å²) in [5.41, 5.74) is 7.00. The zero-order valence-corrected chi connectivity index (χ0v) is 17.4. The molecule has 9 nitrogen and oxygen atoms in total. The van der Waals surface area contributed by atoms with Gasteiger partial charge < -0.3 is 15.2 Å². The molecule has 1 fully saturated rings. The molecule has 1 aliphatic rings. The van der Waals surface area contributed by atoms with Crippen LogP contribution in [0, 0.1) is 0 Å². The molecule has 1 saturated heterocycles. The average molecular weight is 455 g/mol. The zero-order valence-electron chi connectivity index (χ0n) is 17.4. The van der Waals surface area contributed by atoms with Gasteiger partial charge in [-0.15, -0.1) is 0 Å². The van der Waals surface area contributed by atoms with E-state index in [9.17, 15) is 18.4 Å². The van der Waals surface area contributed by atoms with E-state index >= 15 is 0 Å². The van der Waals surface area contributed by atoms with Gasteiger partial charge in [0.25, 0.3) is 5.91 Å². The summed E-state index contributed by atoms with van der Waals surface area (Å²) in [4.78, 5) is 35.9. The number of amides is 3. The van der Waals surface area contributed by atoms with Crippen molar-refractivity contribution in [2.45, 2.75) is 20.0 Å². The van der Waals surface area contributed by atoms with E-state index in [4.69, 9.17) is 10.5 Å². The van der Waals surface area contributed by atoms with Gasteiger partial charge >= 0.3 is 12.6 Å². The topological polar surface area (TPSA) is 111 Å². The molecule has 1 aliphatic heterocycles. The minimum absolute atomic E-state index is 0.109. The summed E-state index contributed by atoms with van der Waals surface area (Å²) in [6, 6.07) is 11.4. The highest BCUT2D eigenvalue weighted by atomic mass is 19.3. The Morgan fingerprint density at radius 1 is 1.09 bits per heavy atom. The summed E-state index contributed by atoms with van der Waals surface area (Å²) in [6.07, 6.45) is 1.78. The van der Waals surface area contributed by atoms with Gasteiger partial charge in [-0.3, -0.25) is 9.69 Å². The molecule has 0 unspecified atom stereocenters. The van der Waals surface area contributed by atoms with Crippen molar-refractivity contribution in [2.24, 2.45) is 0 Å². The van der Waals surface area contributed by atoms with Gasteiger partial charge in [-0.05, 0) is 42.3 Å². The van der Waals surface area contributed by atoms with Crippen molar-refractivity contribution in [1.29, 1.82) is 0 Å². The predicted octanol–water partition coefficient (Wildman–Crippen LogP) is 3.99. The molecule has 11 heteroatoms. The number of urea groups is 1. The molecule has 0 bridgehead atoms. The molecule has 1 aromatic heterocycles. The van der Waals surface area contributed by atoms with Gasteiger partial charge in [0.05, 0.1) is 5.69 Å². The van der Waals surface area contributed by atoms with Crippen LogP contribution in [0.1, 0.15) is 12.5 Å². The molecule has 3 aromatic rings. The van der Waals surface area contributed by atoms with Crippen LogP contribution in [0.2, 0.25) is 0 Å². The number of ether oxygens (including phenoxy) is 2. The maximum Gasteiger partial charge on any atom is 0.387 e. The standard InChI is InChI=1S/C22H19F2N5O4/c1-2-13-8-16(32-19-10-18(25)26-12-27-19)6-7-17(13)29-20(30)11-28(22(29)31)14-4-3-5-15(9-14)33-21(23)24/h3-10,12,21H,2,11H2,1H3,(H2,25,26,27). The molecule has 2 heterocycles. The lowest BCUT2D eigenvalue weighted by Gasteiger charge is -2.20. The first kappa shape index (κ1) is 21.9. The summed E-state index contributed by atoms with van der Waals surface area (Å²) in [7, 11) is 0. The number of nitrogens with two attached hydrogens (primary N) is 1. The third-order valence-electron chi connectivity index (χ3n) is 4.88. The normalized spacial score (nSPS) is 13.7. The van der Waals surface area contributed by atoms with E-state index in [-0.39, 0.29) is 29.7 Å². The van der Waals surface area contributed by atoms with Crippen molar-refractivity contribution in [2.75, 3.05) is 22.1 Å². The molecule has 33 heavy (non-hydrogen) atoms. The number of hydrogen-bond donors (Lipinski definition) is 1. The number of nitrogens with zero attached hydrogens (tertiary/aromatic N) is 4. The molecular weight excluding hydrogens is 436 g/mol. The third kappa shape index (κ3) is 4.66. The number of alkyl halides is 2. The first-order valence-electron chi connectivity index (χ1n) is 9.93. The van der Waals surface area contributed by atoms with Crippen molar-refractivity contribution in [3.63, 3.8) is 0 Å². The smallest absolute Gasteiger partial charge is 0.387 e. The second-order valence-electron chi connectivity index (χ2n) is 7.00. The van der Waals surface area contributed by atoms with Crippen LogP contribution in [-0.2, 0) is 11.2 Å². The minimum Gasteiger partial charge on any atom is -0.439 e. The molecule has 0 radical (unpaired) electrons. The van der Waals surface area contributed by atoms with Crippen molar-refractivity contribution < 1.29 is 27.8 Å². The van der Waals surface area contributed by atoms with Crippen LogP contribution >= 0.6 is 0 Å². The number of imide groups is 1. The quantitative estimate of drug-likeness (QED) is 0.536. The average Bonchev–Trinajstić information content (AvgIpc) is 3.07. The van der Waals surface area contributed by atoms with E-state index in [1.54, 1.807) is 18.2 Å². The number of hydrogen-bond acceptors (Lipinski definition) is 7. The van der Waals surface area contributed by atoms with Crippen molar-refractivity contribution in [3.8, 4) is 17.4 Å². The van der Waals surface area contributed by atoms with Gasteiger partial charge in [0.1, 0.15) is 30.2 Å². The van der Waals surface area contributed by atoms with Crippen LogP contribution in [0.5, 0.6) is 17.4 Å². The van der Waals surface area contributed by atoms with Gasteiger partial charge in [-0.25, -0.2) is 19.7 Å². The van der Waals surface area contributed by atoms with Crippen LogP contribution in [0.3, 0.4) is 0 Å². The van der Waals surface area contributed by atoms with Crippen LogP contribution in [-0.4, -0.2) is 35.1 Å². The van der Waals surface area contributed by atoms with E-state index in [1.807, 2.05) is 6.92 Å². The minimum atomic E-state index is -3.00. The molecule has 0 atom stereocenters. The lowest BCUT2D eigenvalue weighted by Crippen LogP contribution is -2.33. The van der Waals surface area contributed by atoms with Crippen molar-refractivity contribution >= 4 is 29.1 Å². The molecule has 2 aromatic carbocycles. The Balaban J connectivity index is 1.59. The third-order valence-corrected chi connectivity index (χ3v) is 4.88. The number of rotatable bonds is 7. The SMILES string of the molecule is CCc1cc(Oc2cc(N)ncn2)ccc1N1C(=O)CN(c2cccc(OC(F)F)c2)C1=O. The van der Waals surface area contributed by atoms with Gasteiger partial charge in [-0.2, -0.15) is 8.78 Å². The second-order valence-corrected chi connectivity index (χ2v) is 7.00. The Morgan fingerprint density at radius 3 is 2.64 bits per heavy atom. The Morgan fingerprint density at radius 2 is 1.91 bits per heavy atom. The summed E-state index contributed by atoms with van der Waals surface area (Å²) in [5, 5.41) is 0. The van der Waals surface area contributed by atoms with E-state index < -0.39 is 18.5 Å². The lowest BCUT2D eigenvalue weighted by atomic mass is 10.1. The maximum atomic E-state index is 13.1. The Hall–Kier alpha value is -4.28. The van der Waals surface area contributed by atoms with Gasteiger partial charge in [0, 0.05) is 17.8 Å². The fraction of sp³-hybridized carbons (Fsp3) is 0.182. The van der Waals surface area contributed by atoms with Crippen LogP contribution in [0.15, 0.2) is 54.9 Å². The van der Waals surface area contributed by atoms with E-state index in [2.05, 4.69) is 14.7 Å². The first-order chi connectivity index (χ1) is 15.9. The highest BCUT2D eigenvalue weighted by Gasteiger charge is 2.39. The summed E-state index contributed by atoms with van der Waals surface area (Å²) < 4.78 is 35.2. The first-order valence-corrected chi connectivity index (χ1v) is 9.93. The Bertz CT molecular complexity index is 1210. The van der Waals surface area contributed by atoms with Crippen LogP contribution in [0.4, 0.5) is 30.8 Å². The predicted molar refractivity (Wildman–Crippen MR) is 116 cm³/mol. The number of halogens is 2. The van der Waals surface area contributed by atoms with Gasteiger partial charge in [0.15, 0.2) is 0 Å². The zero-order chi connectivity index (χ0) is 23.5. The van der Waals surface area contributed by atoms with Crippen molar-refractivity contribution in [1.82, 2.24) is 9.97 Å². The second kappa shape index (κ2) is 9.07. The number of nitrogen functional groups attached to an aromatic ring is 1. The van der Waals surface area contributed by atoms with Crippen LogP contribution in [0.25, 0.3) is 0 Å². The highest BCUT2D eigenvalue weighted by Crippen LogP contribution is 2.33. The van der Waals surface area contributed by atoms with E-state index in [1.165, 1.54) is 41.6 Å². The Kier molecular flexibility index (Phi) is 6.03. The Labute approximate surface area is 187 Å². The maximum absolute atomic E-state index is 13.1. The summed E-state index contributed by atoms with van der Waals surface area (Å²) >= 11 is 0. The summed E-state index contributed by atoms with van der Waals surface area (Å²) in [6.45, 7) is -1.36. The van der Waals surface area contributed by atoms with Gasteiger partial charge in [0.2, 0.25) is 5.88 Å². The van der Waals surface area contributed by atoms with E-state index in [0.717, 1.165) is 4.90 Å². The largest absolute Gasteiger partial charge is 0.439 e. The number of benzene rings is 2. The number of aryl methyl sites for hydroxylation is 1. The monoisotopic (exact) mass is 455 g/mol. The lowest BCUT2D eigenvalue weighted by molar-refractivity contribution is -0.115. The molecule has 4 rings (SSSR count). The number of aromatic nitrogens is 2. The number of carbonyl (C=O) groups excluding carboxylic acids is 2. The summed E-state index contributed by atoms with van der Waals surface area (Å²) in [5.74, 6) is 0.391. The number of anilines is 3. The molecular formula is C22H19F2N5O4. The number of carbonyl (C=O) groups is 2. The van der Waals surface area contributed by atoms with E-state index in [0.29, 0.717) is 23.4 Å². The van der Waals surface area contributed by atoms with Crippen molar-refractivity contribution in [3.05, 3.63) is 60.4 Å². The van der Waals surface area contributed by atoms with Gasteiger partial charge in [-0.1, -0.05) is 13.0 Å². The molecule has 170 valence electrons. The highest BCUT2D eigenvalue weighted by molar-refractivity contribution is 6.27. The molecule has 3 amide bonds. The molecule has 0 aliphatic carbocycles.